The Morgan fingerprint density at radius 3 is 1.54 bits per heavy atom. The van der Waals surface area contributed by atoms with Crippen LogP contribution in [0.2, 0.25) is 0 Å². The molecule has 0 aliphatic rings. The lowest BCUT2D eigenvalue weighted by atomic mass is 10.1. The van der Waals surface area contributed by atoms with Gasteiger partial charge in [-0.1, -0.05) is 188 Å². The average Bonchev–Trinajstić information content (AvgIpc) is 3.85. The van der Waals surface area contributed by atoms with Crippen molar-refractivity contribution >= 4 is 53.4 Å². The Kier molecular flexibility index (Phi) is 26.0. The summed E-state index contributed by atoms with van der Waals surface area (Å²) in [7, 11) is 0. The van der Waals surface area contributed by atoms with Gasteiger partial charge in [0.15, 0.2) is 11.6 Å². The number of hydrogen-bond acceptors (Lipinski definition) is 5. The van der Waals surface area contributed by atoms with E-state index in [1.165, 1.54) is 25.7 Å². The molecule has 0 fully saturated rings. The molecule has 8 rings (SSSR count). The number of nitrogens with zero attached hydrogens (tertiary/aromatic N) is 3. The van der Waals surface area contributed by atoms with Crippen molar-refractivity contribution < 1.29 is 4.42 Å². The van der Waals surface area contributed by atoms with Crippen LogP contribution in [0.5, 0.6) is 0 Å². The fraction of sp³-hybridized carbons (Fsp3) is 0.327. The van der Waals surface area contributed by atoms with Crippen LogP contribution in [0.25, 0.3) is 64.9 Å². The zero-order chi connectivity index (χ0) is 41.1. The summed E-state index contributed by atoms with van der Waals surface area (Å²) in [6.45, 7) is 32.1. The topological polar surface area (TPSA) is 51.8 Å². The molecule has 0 radical (unpaired) electrons. The summed E-state index contributed by atoms with van der Waals surface area (Å²) in [5, 5.41) is 4.99. The minimum Gasteiger partial charge on any atom is -0.456 e. The fourth-order valence-corrected chi connectivity index (χ4v) is 6.25. The third-order valence-corrected chi connectivity index (χ3v) is 8.34. The molecular weight excluding hydrogens is 679 g/mol. The van der Waals surface area contributed by atoms with Crippen LogP contribution >= 0.6 is 11.3 Å². The zero-order valence-electron chi connectivity index (χ0n) is 36.1. The number of para-hydroxylation sites is 1. The molecule has 54 heavy (non-hydrogen) atoms. The van der Waals surface area contributed by atoms with Crippen molar-refractivity contribution in [2.75, 3.05) is 0 Å². The van der Waals surface area contributed by atoms with Gasteiger partial charge in [-0.3, -0.25) is 0 Å². The Balaban J connectivity index is 0.000000851. The first-order valence-electron chi connectivity index (χ1n) is 20.2. The standard InChI is InChI=1S/C22H15N3O.C13H10S.7C2H6/c1-14-23-21(15-7-3-2-4-8-15)25-22(24-14)16-11-12-18-17-9-5-6-10-19(17)26-20(18)13-16;1-9-5-4-7-11-10-6-2-3-8-12(10)14-13(9)11;7*1-2/h2-13H,1H3;2-8H,1H3;7*1-2H3. The molecule has 3 heterocycles. The minimum atomic E-state index is 0.652. The van der Waals surface area contributed by atoms with Gasteiger partial charge < -0.3 is 4.42 Å². The van der Waals surface area contributed by atoms with Gasteiger partial charge in [-0.2, -0.15) is 0 Å². The predicted molar refractivity (Wildman–Crippen MR) is 246 cm³/mol. The lowest BCUT2D eigenvalue weighted by Gasteiger charge is -2.05. The van der Waals surface area contributed by atoms with Gasteiger partial charge in [-0.05, 0) is 43.7 Å². The highest BCUT2D eigenvalue weighted by Gasteiger charge is 2.12. The summed E-state index contributed by atoms with van der Waals surface area (Å²) in [4.78, 5) is 13.7. The highest BCUT2D eigenvalue weighted by atomic mass is 32.1. The number of fused-ring (bicyclic) bond motifs is 6. The summed E-state index contributed by atoms with van der Waals surface area (Å²) in [5.41, 5.74) is 4.99. The van der Waals surface area contributed by atoms with Crippen molar-refractivity contribution in [3.05, 3.63) is 127 Å². The molecule has 0 amide bonds. The fourth-order valence-electron chi connectivity index (χ4n) is 5.08. The molecule has 3 aromatic heterocycles. The summed E-state index contributed by atoms with van der Waals surface area (Å²) in [6.07, 6.45) is 0. The summed E-state index contributed by atoms with van der Waals surface area (Å²) in [5.74, 6) is 2.02. The number of hydrogen-bond donors (Lipinski definition) is 0. The molecule has 5 aromatic carbocycles. The predicted octanol–water partition coefficient (Wildman–Crippen LogP) is 17.0. The number of aromatic nitrogens is 3. The van der Waals surface area contributed by atoms with Crippen molar-refractivity contribution in [3.8, 4) is 22.8 Å². The van der Waals surface area contributed by atoms with E-state index < -0.39 is 0 Å². The third-order valence-electron chi connectivity index (χ3n) is 7.02. The van der Waals surface area contributed by atoms with Crippen LogP contribution in [0.4, 0.5) is 0 Å². The van der Waals surface area contributed by atoms with Gasteiger partial charge in [0.25, 0.3) is 0 Å². The maximum absolute atomic E-state index is 5.99. The first kappa shape index (κ1) is 49.1. The van der Waals surface area contributed by atoms with Crippen LogP contribution in [0, 0.1) is 13.8 Å². The Bertz CT molecular complexity index is 2150. The van der Waals surface area contributed by atoms with Gasteiger partial charge >= 0.3 is 0 Å². The molecule has 5 heteroatoms. The first-order valence-corrected chi connectivity index (χ1v) is 21.0. The van der Waals surface area contributed by atoms with E-state index in [1.807, 2.05) is 176 Å². The minimum absolute atomic E-state index is 0.652. The quantitative estimate of drug-likeness (QED) is 0.177. The van der Waals surface area contributed by atoms with E-state index >= 15 is 0 Å². The maximum atomic E-state index is 5.99. The largest absolute Gasteiger partial charge is 0.456 e. The molecule has 0 atom stereocenters. The summed E-state index contributed by atoms with van der Waals surface area (Å²) >= 11 is 1.89. The molecule has 0 saturated carbocycles. The second kappa shape index (κ2) is 28.6. The van der Waals surface area contributed by atoms with E-state index in [0.717, 1.165) is 33.1 Å². The van der Waals surface area contributed by atoms with E-state index in [9.17, 15) is 0 Å². The van der Waals surface area contributed by atoms with Crippen LogP contribution < -0.4 is 0 Å². The number of furan rings is 1. The molecule has 0 saturated heterocycles. The van der Waals surface area contributed by atoms with E-state index in [2.05, 4.69) is 76.5 Å². The zero-order valence-corrected chi connectivity index (χ0v) is 36.9. The SMILES string of the molecule is CC.CC.CC.CC.CC.CC.CC.Cc1cccc2c1sc1ccccc12.Cc1nc(-c2ccccc2)nc(-c2ccc3c(c2)oc2ccccc23)n1. The first-order chi connectivity index (χ1) is 26.6. The van der Waals surface area contributed by atoms with Gasteiger partial charge in [-0.15, -0.1) is 11.3 Å². The Morgan fingerprint density at radius 1 is 0.407 bits per heavy atom. The van der Waals surface area contributed by atoms with E-state index in [4.69, 9.17) is 4.42 Å². The average molecular weight is 746 g/mol. The van der Waals surface area contributed by atoms with Gasteiger partial charge in [0.1, 0.15) is 17.0 Å². The number of aryl methyl sites for hydroxylation is 2. The normalized spacial score (nSPS) is 9.11. The maximum Gasteiger partial charge on any atom is 0.163 e. The summed E-state index contributed by atoms with van der Waals surface area (Å²) in [6, 6.07) is 39.2. The van der Waals surface area contributed by atoms with E-state index in [1.54, 1.807) is 0 Å². The highest BCUT2D eigenvalue weighted by Crippen LogP contribution is 2.35. The number of thiophene rings is 1. The molecule has 0 N–H and O–H groups in total. The molecule has 0 aliphatic carbocycles. The Labute approximate surface area is 331 Å². The Morgan fingerprint density at radius 2 is 0.907 bits per heavy atom. The van der Waals surface area contributed by atoms with E-state index in [-0.39, 0.29) is 0 Å². The van der Waals surface area contributed by atoms with Gasteiger partial charge in [0.05, 0.1) is 0 Å². The van der Waals surface area contributed by atoms with Crippen LogP contribution in [0.1, 0.15) is 108 Å². The molecule has 0 spiro atoms. The highest BCUT2D eigenvalue weighted by molar-refractivity contribution is 7.26. The van der Waals surface area contributed by atoms with Crippen molar-refractivity contribution in [3.63, 3.8) is 0 Å². The van der Waals surface area contributed by atoms with Crippen molar-refractivity contribution in [1.82, 2.24) is 15.0 Å². The Hall–Kier alpha value is -4.87. The monoisotopic (exact) mass is 746 g/mol. The van der Waals surface area contributed by atoms with Gasteiger partial charge in [0.2, 0.25) is 0 Å². The van der Waals surface area contributed by atoms with Gasteiger partial charge in [0, 0.05) is 42.1 Å². The number of benzene rings is 5. The number of rotatable bonds is 2. The lowest BCUT2D eigenvalue weighted by Crippen LogP contribution is -1.99. The summed E-state index contributed by atoms with van der Waals surface area (Å²) < 4.78 is 8.80. The lowest BCUT2D eigenvalue weighted by molar-refractivity contribution is 0.669. The van der Waals surface area contributed by atoms with Gasteiger partial charge in [-0.25, -0.2) is 15.0 Å². The van der Waals surface area contributed by atoms with Crippen molar-refractivity contribution in [2.24, 2.45) is 0 Å². The van der Waals surface area contributed by atoms with E-state index in [0.29, 0.717) is 17.5 Å². The molecule has 4 nitrogen and oxygen atoms in total. The van der Waals surface area contributed by atoms with Crippen LogP contribution in [0.3, 0.4) is 0 Å². The second-order valence-electron chi connectivity index (χ2n) is 9.75. The smallest absolute Gasteiger partial charge is 0.163 e. The third kappa shape index (κ3) is 12.9. The molecular formula is C49H67N3OS. The molecule has 0 unspecified atom stereocenters. The van der Waals surface area contributed by atoms with Crippen molar-refractivity contribution in [1.29, 1.82) is 0 Å². The molecule has 8 aromatic rings. The second-order valence-corrected chi connectivity index (χ2v) is 10.8. The van der Waals surface area contributed by atoms with Crippen LogP contribution in [-0.4, -0.2) is 15.0 Å². The van der Waals surface area contributed by atoms with Crippen molar-refractivity contribution in [2.45, 2.75) is 111 Å². The molecule has 0 aliphatic heterocycles. The molecule has 290 valence electrons. The van der Waals surface area contributed by atoms with Crippen LogP contribution in [0.15, 0.2) is 120 Å². The molecule has 0 bridgehead atoms. The van der Waals surface area contributed by atoms with Crippen LogP contribution in [-0.2, 0) is 0 Å².